The molecular formula is C10H10BrN. The van der Waals surface area contributed by atoms with Crippen molar-refractivity contribution in [1.29, 1.82) is 5.26 Å². The van der Waals surface area contributed by atoms with E-state index in [0.717, 1.165) is 10.9 Å². The molecule has 0 saturated heterocycles. The second-order valence-electron chi connectivity index (χ2n) is 2.86. The molecule has 0 aliphatic rings. The largest absolute Gasteiger partial charge is 0.198 e. The molecule has 12 heavy (non-hydrogen) atoms. The Morgan fingerprint density at radius 1 is 1.42 bits per heavy atom. The summed E-state index contributed by atoms with van der Waals surface area (Å²) in [5.74, 6) is 0.103. The van der Waals surface area contributed by atoms with Gasteiger partial charge in [-0.05, 0) is 31.0 Å². The molecular weight excluding hydrogens is 214 g/mol. The molecule has 0 bridgehead atoms. The fourth-order valence-electron chi connectivity index (χ4n) is 1.02. The fourth-order valence-corrected chi connectivity index (χ4v) is 1.28. The van der Waals surface area contributed by atoms with Crippen LogP contribution in [-0.2, 0) is 6.42 Å². The predicted molar refractivity (Wildman–Crippen MR) is 52.6 cm³/mol. The molecule has 1 atom stereocenters. The van der Waals surface area contributed by atoms with E-state index in [-0.39, 0.29) is 5.92 Å². The van der Waals surface area contributed by atoms with Gasteiger partial charge in [-0.1, -0.05) is 28.1 Å². The second-order valence-corrected chi connectivity index (χ2v) is 3.78. The van der Waals surface area contributed by atoms with Gasteiger partial charge < -0.3 is 0 Å². The highest BCUT2D eigenvalue weighted by Crippen LogP contribution is 2.13. The van der Waals surface area contributed by atoms with Gasteiger partial charge in [0, 0.05) is 10.4 Å². The van der Waals surface area contributed by atoms with Crippen LogP contribution < -0.4 is 0 Å². The summed E-state index contributed by atoms with van der Waals surface area (Å²) in [5.41, 5.74) is 1.22. The number of halogens is 1. The van der Waals surface area contributed by atoms with E-state index in [9.17, 15) is 0 Å². The van der Waals surface area contributed by atoms with Crippen LogP contribution >= 0.6 is 15.9 Å². The Kier molecular flexibility index (Phi) is 3.31. The maximum Gasteiger partial charge on any atom is 0.0656 e. The number of nitriles is 1. The first-order valence-corrected chi connectivity index (χ1v) is 4.65. The highest BCUT2D eigenvalue weighted by Gasteiger charge is 2.00. The van der Waals surface area contributed by atoms with Crippen LogP contribution in [0.1, 0.15) is 12.5 Å². The third kappa shape index (κ3) is 2.67. The summed E-state index contributed by atoms with van der Waals surface area (Å²) in [7, 11) is 0. The van der Waals surface area contributed by atoms with Gasteiger partial charge in [0.15, 0.2) is 0 Å². The van der Waals surface area contributed by atoms with Crippen LogP contribution in [-0.4, -0.2) is 0 Å². The predicted octanol–water partition coefficient (Wildman–Crippen LogP) is 3.15. The molecule has 1 nitrogen and oxygen atoms in total. The average Bonchev–Trinajstić information content (AvgIpc) is 2.09. The molecule has 0 spiro atoms. The van der Waals surface area contributed by atoms with E-state index in [1.54, 1.807) is 0 Å². The summed E-state index contributed by atoms with van der Waals surface area (Å²) in [6.45, 7) is 1.93. The van der Waals surface area contributed by atoms with Gasteiger partial charge in [-0.3, -0.25) is 0 Å². The Morgan fingerprint density at radius 3 is 2.50 bits per heavy atom. The molecule has 2 heteroatoms. The normalized spacial score (nSPS) is 12.1. The minimum absolute atomic E-state index is 0.103. The molecule has 0 radical (unpaired) electrons. The molecule has 0 amide bonds. The van der Waals surface area contributed by atoms with Gasteiger partial charge in [0.25, 0.3) is 0 Å². The first kappa shape index (κ1) is 9.28. The monoisotopic (exact) mass is 223 g/mol. The highest BCUT2D eigenvalue weighted by molar-refractivity contribution is 9.10. The lowest BCUT2D eigenvalue weighted by molar-refractivity contribution is 0.739. The van der Waals surface area contributed by atoms with Crippen LogP contribution in [0.25, 0.3) is 0 Å². The molecule has 0 N–H and O–H groups in total. The van der Waals surface area contributed by atoms with Crippen molar-refractivity contribution >= 4 is 15.9 Å². The van der Waals surface area contributed by atoms with E-state index in [2.05, 4.69) is 22.0 Å². The molecule has 1 aromatic rings. The maximum atomic E-state index is 8.59. The average molecular weight is 224 g/mol. The van der Waals surface area contributed by atoms with Crippen LogP contribution in [0.15, 0.2) is 28.7 Å². The van der Waals surface area contributed by atoms with Gasteiger partial charge in [-0.2, -0.15) is 5.26 Å². The van der Waals surface area contributed by atoms with Crippen LogP contribution in [0.5, 0.6) is 0 Å². The SMILES string of the molecule is C[C@H](C#N)Cc1ccc(Br)cc1. The van der Waals surface area contributed by atoms with E-state index in [1.165, 1.54) is 5.56 Å². The first-order valence-electron chi connectivity index (χ1n) is 3.86. The third-order valence-electron chi connectivity index (χ3n) is 1.68. The summed E-state index contributed by atoms with van der Waals surface area (Å²) in [4.78, 5) is 0. The molecule has 0 unspecified atom stereocenters. The Labute approximate surface area is 81.2 Å². The number of hydrogen-bond donors (Lipinski definition) is 0. The van der Waals surface area contributed by atoms with E-state index in [1.807, 2.05) is 31.2 Å². The minimum Gasteiger partial charge on any atom is -0.198 e. The number of rotatable bonds is 2. The van der Waals surface area contributed by atoms with Gasteiger partial charge in [-0.25, -0.2) is 0 Å². The standard InChI is InChI=1S/C10H10BrN/c1-8(7-12)6-9-2-4-10(11)5-3-9/h2-5,8H,6H2,1H3/t8-/m0/s1. The Balaban J connectivity index is 2.66. The summed E-state index contributed by atoms with van der Waals surface area (Å²) in [5, 5.41) is 8.59. The lowest BCUT2D eigenvalue weighted by atomic mass is 10.0. The molecule has 0 saturated carbocycles. The summed E-state index contributed by atoms with van der Waals surface area (Å²) in [6.07, 6.45) is 0.837. The zero-order valence-corrected chi connectivity index (χ0v) is 8.51. The molecule has 0 fully saturated rings. The lowest BCUT2D eigenvalue weighted by Crippen LogP contribution is -1.95. The topological polar surface area (TPSA) is 23.8 Å². The zero-order chi connectivity index (χ0) is 8.97. The van der Waals surface area contributed by atoms with Crippen LogP contribution in [0.4, 0.5) is 0 Å². The van der Waals surface area contributed by atoms with E-state index in [0.29, 0.717) is 0 Å². The Hall–Kier alpha value is -0.810. The molecule has 1 aromatic carbocycles. The van der Waals surface area contributed by atoms with Gasteiger partial charge in [0.1, 0.15) is 0 Å². The first-order chi connectivity index (χ1) is 5.72. The van der Waals surface area contributed by atoms with Crippen LogP contribution in [0.2, 0.25) is 0 Å². The molecule has 0 aromatic heterocycles. The molecule has 62 valence electrons. The van der Waals surface area contributed by atoms with Crippen molar-refractivity contribution in [3.63, 3.8) is 0 Å². The summed E-state index contributed by atoms with van der Waals surface area (Å²) < 4.78 is 1.08. The molecule has 0 aliphatic heterocycles. The van der Waals surface area contributed by atoms with Crippen molar-refractivity contribution in [2.24, 2.45) is 5.92 Å². The number of benzene rings is 1. The zero-order valence-electron chi connectivity index (χ0n) is 6.92. The molecule has 0 aliphatic carbocycles. The van der Waals surface area contributed by atoms with Gasteiger partial charge >= 0.3 is 0 Å². The summed E-state index contributed by atoms with van der Waals surface area (Å²) in [6, 6.07) is 10.3. The second kappa shape index (κ2) is 4.27. The molecule has 1 rings (SSSR count). The van der Waals surface area contributed by atoms with Crippen molar-refractivity contribution in [1.82, 2.24) is 0 Å². The van der Waals surface area contributed by atoms with Crippen molar-refractivity contribution in [2.45, 2.75) is 13.3 Å². The number of nitrogens with zero attached hydrogens (tertiary/aromatic N) is 1. The molecule has 0 heterocycles. The summed E-state index contributed by atoms with van der Waals surface area (Å²) >= 11 is 3.36. The maximum absolute atomic E-state index is 8.59. The van der Waals surface area contributed by atoms with Crippen molar-refractivity contribution < 1.29 is 0 Å². The fraction of sp³-hybridized carbons (Fsp3) is 0.300. The van der Waals surface area contributed by atoms with Gasteiger partial charge in [0.2, 0.25) is 0 Å². The highest BCUT2D eigenvalue weighted by atomic mass is 79.9. The lowest BCUT2D eigenvalue weighted by Gasteiger charge is -2.01. The van der Waals surface area contributed by atoms with Gasteiger partial charge in [-0.15, -0.1) is 0 Å². The quantitative estimate of drug-likeness (QED) is 0.756. The van der Waals surface area contributed by atoms with E-state index in [4.69, 9.17) is 5.26 Å². The van der Waals surface area contributed by atoms with Crippen LogP contribution in [0, 0.1) is 17.2 Å². The van der Waals surface area contributed by atoms with Crippen LogP contribution in [0.3, 0.4) is 0 Å². The van der Waals surface area contributed by atoms with E-state index < -0.39 is 0 Å². The van der Waals surface area contributed by atoms with Gasteiger partial charge in [0.05, 0.1) is 6.07 Å². The minimum atomic E-state index is 0.103. The van der Waals surface area contributed by atoms with Crippen molar-refractivity contribution in [3.8, 4) is 6.07 Å². The van der Waals surface area contributed by atoms with E-state index >= 15 is 0 Å². The third-order valence-corrected chi connectivity index (χ3v) is 2.20. The number of hydrogen-bond acceptors (Lipinski definition) is 1. The smallest absolute Gasteiger partial charge is 0.0656 e. The Morgan fingerprint density at radius 2 is 2.00 bits per heavy atom. The van der Waals surface area contributed by atoms with Crippen molar-refractivity contribution in [3.05, 3.63) is 34.3 Å². The van der Waals surface area contributed by atoms with Crippen molar-refractivity contribution in [2.75, 3.05) is 0 Å². The Bertz CT molecular complexity index is 284.